The molecule has 0 atom stereocenters. The van der Waals surface area contributed by atoms with Crippen LogP contribution in [0.4, 0.5) is 0 Å². The summed E-state index contributed by atoms with van der Waals surface area (Å²) in [6, 6.07) is 0. The van der Waals surface area contributed by atoms with Gasteiger partial charge in [-0.1, -0.05) is 0 Å². The van der Waals surface area contributed by atoms with Crippen molar-refractivity contribution in [3.8, 4) is 13.1 Å². The summed E-state index contributed by atoms with van der Waals surface area (Å²) in [5, 5.41) is 13.0. The van der Waals surface area contributed by atoms with Crippen LogP contribution in [-0.2, 0) is 16.5 Å². The second-order valence-corrected chi connectivity index (χ2v) is 0. The number of nitriles is 2. The van der Waals surface area contributed by atoms with Gasteiger partial charge in [-0.15, -0.1) is 0 Å². The molecule has 34 valence electrons. The van der Waals surface area contributed by atoms with E-state index in [2.05, 4.69) is 13.1 Å². The summed E-state index contributed by atoms with van der Waals surface area (Å²) >= 11 is 0. The Morgan fingerprint density at radius 3 is 0.833 bits per heavy atom. The number of hydrogen-bond acceptors (Lipinski definition) is 2. The molecule has 0 heterocycles. The molecule has 0 spiro atoms. The largest absolute Gasteiger partial charge is 0 e. The third-order valence-corrected chi connectivity index (χ3v) is 0. The molecule has 0 rings (SSSR count). The van der Waals surface area contributed by atoms with Crippen LogP contribution >= 0.6 is 0 Å². The predicted octanol–water partition coefficient (Wildman–Crippen LogP) is -0.639. The fraction of sp³-hybridized carbons (Fsp3) is 0. The summed E-state index contributed by atoms with van der Waals surface area (Å²) in [5.74, 6) is 0. The maximum atomic E-state index is 6.50. The number of hydrogen-bond donors (Lipinski definition) is 0. The average Bonchev–Trinajstić information content (AvgIpc) is 1.50. The summed E-state index contributed by atoms with van der Waals surface area (Å²) < 4.78 is 0. The Kier molecular flexibility index (Phi) is 1180. The molecular weight excluding hydrogens is 151 g/mol. The van der Waals surface area contributed by atoms with E-state index in [1.807, 2.05) is 0 Å². The third kappa shape index (κ3) is 123. The maximum Gasteiger partial charge on any atom is 0 e. The standard InChI is InChI=1S/2CHN.Ca.Ni.2H/c2*1-2;;;;/h2*1H;;;;. The summed E-state index contributed by atoms with van der Waals surface area (Å²) in [4.78, 5) is 0. The number of rotatable bonds is 0. The molecule has 0 saturated heterocycles. The van der Waals surface area contributed by atoms with Crippen molar-refractivity contribution in [1.82, 2.24) is 0 Å². The Morgan fingerprint density at radius 1 is 0.833 bits per heavy atom. The van der Waals surface area contributed by atoms with E-state index in [0.717, 1.165) is 0 Å². The summed E-state index contributed by atoms with van der Waals surface area (Å²) in [5.41, 5.74) is 0. The van der Waals surface area contributed by atoms with Crippen LogP contribution < -0.4 is 0 Å². The topological polar surface area (TPSA) is 47.6 Å². The third-order valence-electron chi connectivity index (χ3n) is 0. The van der Waals surface area contributed by atoms with Crippen molar-refractivity contribution in [2.75, 3.05) is 0 Å². The molecular formula is C2H4CaN2Ni. The molecule has 0 aromatic heterocycles. The fourth-order valence-electron chi connectivity index (χ4n) is 0. The summed E-state index contributed by atoms with van der Waals surface area (Å²) in [6.07, 6.45) is 0. The van der Waals surface area contributed by atoms with Crippen LogP contribution in [0.25, 0.3) is 0 Å². The van der Waals surface area contributed by atoms with Crippen molar-refractivity contribution in [1.29, 1.82) is 10.5 Å². The molecule has 0 aliphatic heterocycles. The van der Waals surface area contributed by atoms with Crippen molar-refractivity contribution < 1.29 is 16.5 Å². The van der Waals surface area contributed by atoms with Gasteiger partial charge in [0.1, 0.15) is 0 Å². The van der Waals surface area contributed by atoms with Gasteiger partial charge in [0.25, 0.3) is 0 Å². The quantitative estimate of drug-likeness (QED) is 0.436. The van der Waals surface area contributed by atoms with Crippen LogP contribution in [0.15, 0.2) is 0 Å². The van der Waals surface area contributed by atoms with E-state index in [1.165, 1.54) is 0 Å². The van der Waals surface area contributed by atoms with Crippen LogP contribution in [0, 0.1) is 23.7 Å². The molecule has 0 saturated carbocycles. The first kappa shape index (κ1) is 29.6. The van der Waals surface area contributed by atoms with Gasteiger partial charge in [0, 0.05) is 29.6 Å². The normalized spacial score (nSPS) is 0.667. The van der Waals surface area contributed by atoms with Crippen LogP contribution in [0.1, 0.15) is 0 Å². The molecule has 0 radical (unpaired) electrons. The average molecular weight is 155 g/mol. The van der Waals surface area contributed by atoms with Gasteiger partial charge in [-0.05, 0) is 0 Å². The molecule has 0 aromatic carbocycles. The SMILES string of the molecule is C#N.C#N.[CaH2].[Ni]. The van der Waals surface area contributed by atoms with Crippen LogP contribution in [0.2, 0.25) is 0 Å². The molecule has 6 heavy (non-hydrogen) atoms. The first-order valence-electron chi connectivity index (χ1n) is 0.516. The summed E-state index contributed by atoms with van der Waals surface area (Å²) in [7, 11) is 0. The molecule has 0 fully saturated rings. The predicted molar refractivity (Wildman–Crippen MR) is 21.9 cm³/mol. The van der Waals surface area contributed by atoms with Crippen LogP contribution in [0.5, 0.6) is 0 Å². The van der Waals surface area contributed by atoms with Crippen molar-refractivity contribution in [3.63, 3.8) is 0 Å². The molecule has 4 heteroatoms. The zero-order chi connectivity index (χ0) is 4.00. The second-order valence-electron chi connectivity index (χ2n) is 0. The van der Waals surface area contributed by atoms with E-state index >= 15 is 0 Å². The molecule has 0 unspecified atom stereocenters. The Hall–Kier alpha value is 0.733. The minimum Gasteiger partial charge on any atom is 0 e. The maximum absolute atomic E-state index is 6.50. The molecule has 0 amide bonds. The molecule has 2 nitrogen and oxygen atoms in total. The van der Waals surface area contributed by atoms with Gasteiger partial charge >= 0.3 is 37.7 Å². The van der Waals surface area contributed by atoms with Gasteiger partial charge in [-0.25, -0.2) is 10.5 Å². The second kappa shape index (κ2) is 239. The Balaban J connectivity index is -0.00000000500. The molecule has 0 N–H and O–H groups in total. The number of nitrogens with zero attached hydrogens (tertiary/aromatic N) is 2. The zero-order valence-corrected chi connectivity index (χ0v) is 3.35. The smallest absolute Gasteiger partial charge is 0 e. The van der Waals surface area contributed by atoms with E-state index in [1.54, 1.807) is 0 Å². The minimum atomic E-state index is 0. The first-order chi connectivity index (χ1) is 2.00. The van der Waals surface area contributed by atoms with E-state index in [4.69, 9.17) is 10.5 Å². The van der Waals surface area contributed by atoms with Gasteiger partial charge in [0.05, 0.1) is 0 Å². The Morgan fingerprint density at radius 2 is 0.833 bits per heavy atom. The summed E-state index contributed by atoms with van der Waals surface area (Å²) in [6.45, 7) is 7.00. The van der Waals surface area contributed by atoms with E-state index in [9.17, 15) is 0 Å². The minimum absolute atomic E-state index is 0. The van der Waals surface area contributed by atoms with Crippen LogP contribution in [-0.4, -0.2) is 37.7 Å². The molecule has 0 aromatic rings. The molecule has 0 bridgehead atoms. The first-order valence-corrected chi connectivity index (χ1v) is 0.516. The monoisotopic (exact) mass is 154 g/mol. The van der Waals surface area contributed by atoms with Gasteiger partial charge in [0.15, 0.2) is 0 Å². The van der Waals surface area contributed by atoms with Crippen molar-refractivity contribution in [2.45, 2.75) is 0 Å². The van der Waals surface area contributed by atoms with E-state index in [0.29, 0.717) is 0 Å². The zero-order valence-electron chi connectivity index (χ0n) is 2.37. The molecule has 0 aliphatic carbocycles. The van der Waals surface area contributed by atoms with Gasteiger partial charge in [-0.2, -0.15) is 0 Å². The fourth-order valence-corrected chi connectivity index (χ4v) is 0. The van der Waals surface area contributed by atoms with E-state index < -0.39 is 0 Å². The Labute approximate surface area is 77.1 Å². The van der Waals surface area contributed by atoms with Gasteiger partial charge < -0.3 is 0 Å². The Bertz CT molecular complexity index is 27.0. The molecule has 0 aliphatic rings. The van der Waals surface area contributed by atoms with Gasteiger partial charge in [0.2, 0.25) is 0 Å². The van der Waals surface area contributed by atoms with Gasteiger partial charge in [-0.3, -0.25) is 0 Å². The van der Waals surface area contributed by atoms with Crippen molar-refractivity contribution in [2.24, 2.45) is 0 Å². The van der Waals surface area contributed by atoms with E-state index in [-0.39, 0.29) is 54.2 Å². The van der Waals surface area contributed by atoms with Crippen molar-refractivity contribution in [3.05, 3.63) is 0 Å². The van der Waals surface area contributed by atoms with Crippen LogP contribution in [0.3, 0.4) is 0 Å². The van der Waals surface area contributed by atoms with Crippen molar-refractivity contribution >= 4 is 37.7 Å².